The van der Waals surface area contributed by atoms with Gasteiger partial charge in [-0.05, 0) is 117 Å². The molecule has 0 atom stereocenters. The summed E-state index contributed by atoms with van der Waals surface area (Å²) < 4.78 is 0. The Morgan fingerprint density at radius 1 is 0.294 bits per heavy atom. The summed E-state index contributed by atoms with van der Waals surface area (Å²) in [6.07, 6.45) is 0. The lowest BCUT2D eigenvalue weighted by atomic mass is 9.82. The quantitative estimate of drug-likeness (QED) is 0.162. The van der Waals surface area contributed by atoms with Gasteiger partial charge in [0, 0.05) is 27.6 Å². The van der Waals surface area contributed by atoms with Crippen molar-refractivity contribution in [2.75, 3.05) is 0 Å². The van der Waals surface area contributed by atoms with E-state index in [9.17, 15) is 5.26 Å². The third-order valence-corrected chi connectivity index (χ3v) is 14.2. The average Bonchev–Trinajstić information content (AvgIpc) is 3.72. The van der Waals surface area contributed by atoms with Gasteiger partial charge in [-0.25, -0.2) is 9.97 Å². The smallest absolute Gasteiger partial charge is 0.0991 e. The third kappa shape index (κ3) is 5.72. The van der Waals surface area contributed by atoms with Crippen molar-refractivity contribution in [3.8, 4) is 84.2 Å². The van der Waals surface area contributed by atoms with Gasteiger partial charge < -0.3 is 0 Å². The fourth-order valence-electron chi connectivity index (χ4n) is 11.1. The normalized spacial score (nSPS) is 11.8. The number of aromatic nitrogens is 2. The summed E-state index contributed by atoms with van der Waals surface area (Å²) in [5, 5.41) is 21.3. The number of benzene rings is 12. The van der Waals surface area contributed by atoms with Crippen molar-refractivity contribution in [2.24, 2.45) is 0 Å². The van der Waals surface area contributed by atoms with E-state index >= 15 is 0 Å². The van der Waals surface area contributed by atoms with E-state index in [0.717, 1.165) is 77.7 Å². The van der Waals surface area contributed by atoms with Crippen LogP contribution in [0.5, 0.6) is 0 Å². The van der Waals surface area contributed by atoms with Crippen molar-refractivity contribution in [3.63, 3.8) is 0 Å². The fraction of sp³-hybridized carbons (Fsp3) is 0. The Hall–Kier alpha value is -9.23. The van der Waals surface area contributed by atoms with Gasteiger partial charge in [-0.2, -0.15) is 5.26 Å². The van der Waals surface area contributed by atoms with E-state index in [1.807, 2.05) is 12.1 Å². The largest absolute Gasteiger partial charge is 0.243 e. The van der Waals surface area contributed by atoms with Crippen molar-refractivity contribution in [3.05, 3.63) is 230 Å². The number of nitrogens with zero attached hydrogens (tertiary/aromatic N) is 3. The van der Waals surface area contributed by atoms with E-state index in [-0.39, 0.29) is 0 Å². The van der Waals surface area contributed by atoms with Gasteiger partial charge in [-0.1, -0.05) is 200 Å². The highest BCUT2D eigenvalue weighted by Crippen LogP contribution is 2.53. The molecule has 1 aliphatic carbocycles. The molecule has 0 amide bonds. The van der Waals surface area contributed by atoms with Crippen LogP contribution in [-0.2, 0) is 0 Å². The molecule has 0 fully saturated rings. The van der Waals surface area contributed by atoms with Crippen molar-refractivity contribution in [1.29, 1.82) is 5.26 Å². The van der Waals surface area contributed by atoms with E-state index in [4.69, 9.17) is 9.97 Å². The predicted octanol–water partition coefficient (Wildman–Crippen LogP) is 17.2. The summed E-state index contributed by atoms with van der Waals surface area (Å²) in [7, 11) is 0. The summed E-state index contributed by atoms with van der Waals surface area (Å²) in [6.45, 7) is 0. The monoisotopic (exact) mass is 859 g/mol. The summed E-state index contributed by atoms with van der Waals surface area (Å²) >= 11 is 0. The second-order valence-corrected chi connectivity index (χ2v) is 17.9. The van der Waals surface area contributed by atoms with Crippen LogP contribution >= 0.6 is 0 Å². The molecule has 0 saturated carbocycles. The molecular weight excluding hydrogens is 823 g/mol. The Bertz CT molecular complexity index is 4220. The van der Waals surface area contributed by atoms with Crippen LogP contribution in [0.4, 0.5) is 0 Å². The highest BCUT2D eigenvalue weighted by molar-refractivity contribution is 6.28. The van der Waals surface area contributed by atoms with Crippen LogP contribution in [0.15, 0.2) is 224 Å². The summed E-state index contributed by atoms with van der Waals surface area (Å²) in [5.74, 6) is 0. The van der Waals surface area contributed by atoms with Gasteiger partial charge in [0.05, 0.1) is 34.1 Å². The van der Waals surface area contributed by atoms with E-state index in [0.29, 0.717) is 5.56 Å². The first-order valence-corrected chi connectivity index (χ1v) is 23.1. The van der Waals surface area contributed by atoms with Gasteiger partial charge in [0.1, 0.15) is 0 Å². The number of nitriles is 1. The Kier molecular flexibility index (Phi) is 8.35. The van der Waals surface area contributed by atoms with Crippen molar-refractivity contribution >= 4 is 64.9 Å². The van der Waals surface area contributed by atoms with Crippen LogP contribution in [0.1, 0.15) is 5.56 Å². The molecule has 1 aliphatic rings. The molecule has 68 heavy (non-hydrogen) atoms. The Balaban J connectivity index is 1.05. The van der Waals surface area contributed by atoms with Crippen LogP contribution in [0.25, 0.3) is 143 Å². The van der Waals surface area contributed by atoms with Gasteiger partial charge in [0.2, 0.25) is 0 Å². The molecular formula is C65H37N3. The predicted molar refractivity (Wildman–Crippen MR) is 283 cm³/mol. The van der Waals surface area contributed by atoms with E-state index in [2.05, 4.69) is 218 Å². The second kappa shape index (κ2) is 14.9. The number of hydrogen-bond acceptors (Lipinski definition) is 3. The van der Waals surface area contributed by atoms with Gasteiger partial charge in [0.25, 0.3) is 0 Å². The lowest BCUT2D eigenvalue weighted by Gasteiger charge is -2.21. The summed E-state index contributed by atoms with van der Waals surface area (Å²) in [4.78, 5) is 11.3. The Morgan fingerprint density at radius 3 is 1.50 bits per heavy atom. The van der Waals surface area contributed by atoms with E-state index < -0.39 is 0 Å². The molecule has 0 N–H and O–H groups in total. The summed E-state index contributed by atoms with van der Waals surface area (Å²) in [5.41, 5.74) is 17.9. The molecule has 0 unspecified atom stereocenters. The fourth-order valence-corrected chi connectivity index (χ4v) is 11.1. The molecule has 0 bridgehead atoms. The van der Waals surface area contributed by atoms with Crippen molar-refractivity contribution in [1.82, 2.24) is 9.97 Å². The minimum absolute atomic E-state index is 0.663. The van der Waals surface area contributed by atoms with E-state index in [1.54, 1.807) is 0 Å². The van der Waals surface area contributed by atoms with Crippen molar-refractivity contribution < 1.29 is 0 Å². The van der Waals surface area contributed by atoms with Gasteiger partial charge >= 0.3 is 0 Å². The summed E-state index contributed by atoms with van der Waals surface area (Å²) in [6, 6.07) is 83.0. The van der Waals surface area contributed by atoms with Crippen LogP contribution in [0.3, 0.4) is 0 Å². The molecule has 12 aromatic carbocycles. The number of hydrogen-bond donors (Lipinski definition) is 0. The van der Waals surface area contributed by atoms with E-state index in [1.165, 1.54) is 65.3 Å². The molecule has 0 spiro atoms. The van der Waals surface area contributed by atoms with Crippen molar-refractivity contribution in [2.45, 2.75) is 0 Å². The lowest BCUT2D eigenvalue weighted by Crippen LogP contribution is -1.95. The highest BCUT2D eigenvalue weighted by atomic mass is 14.8. The van der Waals surface area contributed by atoms with Gasteiger partial charge in [-0.3, -0.25) is 0 Å². The van der Waals surface area contributed by atoms with Crippen LogP contribution in [-0.4, -0.2) is 9.97 Å². The molecule has 0 aliphatic heterocycles. The van der Waals surface area contributed by atoms with Gasteiger partial charge in [-0.15, -0.1) is 0 Å². The lowest BCUT2D eigenvalue weighted by molar-refractivity contribution is 1.32. The molecule has 0 radical (unpaired) electrons. The maximum Gasteiger partial charge on any atom is 0.0991 e. The molecule has 312 valence electrons. The zero-order valence-electron chi connectivity index (χ0n) is 36.7. The second-order valence-electron chi connectivity index (χ2n) is 17.9. The first kappa shape index (κ1) is 38.1. The number of rotatable bonds is 5. The van der Waals surface area contributed by atoms with Crippen LogP contribution in [0.2, 0.25) is 0 Å². The average molecular weight is 860 g/mol. The standard InChI is InChI=1S/C65H37N3/c66-38-39-25-26-44-36-45(28-27-43(44)35-39)46-29-30-55-58(37-46)60(52-21-10-9-20-51(52)59(55)50-22-11-18-40-17-7-8-19-47(40)50)54-33-34-57-61-53(54)23-12-24-56(61)64-65(57)68-63-49(42-15-5-2-6-16-42)32-31-48(62(63)67-64)41-13-3-1-4-14-41/h1-37H. The van der Waals surface area contributed by atoms with Gasteiger partial charge in [0.15, 0.2) is 0 Å². The topological polar surface area (TPSA) is 49.6 Å². The minimum atomic E-state index is 0.663. The molecule has 13 aromatic rings. The number of fused-ring (bicyclic) bond motifs is 8. The van der Waals surface area contributed by atoms with Crippen LogP contribution < -0.4 is 0 Å². The third-order valence-electron chi connectivity index (χ3n) is 14.2. The maximum absolute atomic E-state index is 9.62. The Morgan fingerprint density at radius 2 is 0.779 bits per heavy atom. The SMILES string of the molecule is N#Cc1ccc2cc(-c3ccc4c(-c5cccc6ccccc56)c5ccccc5c(-c5ccc6c7c(cccc57)-c5nc7c(-c8ccccc8)ccc(-c8ccccc8)c7nc5-6)c4c3)ccc2c1. The molecule has 3 heteroatoms. The minimum Gasteiger partial charge on any atom is -0.243 e. The molecule has 1 aromatic heterocycles. The molecule has 3 nitrogen and oxygen atoms in total. The zero-order chi connectivity index (χ0) is 44.9. The first-order chi connectivity index (χ1) is 33.7. The molecule has 1 heterocycles. The highest BCUT2D eigenvalue weighted by Gasteiger charge is 2.29. The maximum atomic E-state index is 9.62. The van der Waals surface area contributed by atoms with Crippen LogP contribution in [0, 0.1) is 11.3 Å². The molecule has 0 saturated heterocycles. The first-order valence-electron chi connectivity index (χ1n) is 23.1. The Labute approximate surface area is 392 Å². The zero-order valence-corrected chi connectivity index (χ0v) is 36.7. The molecule has 14 rings (SSSR count).